The topological polar surface area (TPSA) is 58.6 Å². The molecule has 25 heavy (non-hydrogen) atoms. The maximum atomic E-state index is 13.0. The lowest BCUT2D eigenvalue weighted by molar-refractivity contribution is -0.126. The number of aliphatic hydroxyl groups excluding tert-OH is 1. The van der Waals surface area contributed by atoms with Crippen LogP contribution in [0.4, 0.5) is 0 Å². The number of hydrogen-bond donors (Lipinski definition) is 2. The zero-order chi connectivity index (χ0) is 18.3. The number of hydrogen-bond acceptors (Lipinski definition) is 3. The maximum absolute atomic E-state index is 13.0. The van der Waals surface area contributed by atoms with Crippen molar-refractivity contribution in [2.75, 3.05) is 13.7 Å². The number of ether oxygens (including phenoxy) is 1. The molecule has 2 N–H and O–H groups in total. The molecule has 0 heterocycles. The molecule has 1 unspecified atom stereocenters. The predicted molar refractivity (Wildman–Crippen MR) is 99.7 cm³/mol. The molecule has 4 heteroatoms. The molecule has 0 aliphatic rings. The Morgan fingerprint density at radius 1 is 1.12 bits per heavy atom. The van der Waals surface area contributed by atoms with Crippen LogP contribution < -0.4 is 10.1 Å². The zero-order valence-electron chi connectivity index (χ0n) is 15.2. The first kappa shape index (κ1) is 19.0. The highest BCUT2D eigenvalue weighted by Gasteiger charge is 2.31. The van der Waals surface area contributed by atoms with Crippen LogP contribution in [0.3, 0.4) is 0 Å². The van der Waals surface area contributed by atoms with Crippen LogP contribution in [-0.4, -0.2) is 24.7 Å². The summed E-state index contributed by atoms with van der Waals surface area (Å²) in [6, 6.07) is 17.3. The third kappa shape index (κ3) is 4.83. The van der Waals surface area contributed by atoms with Crippen LogP contribution in [0, 0.1) is 0 Å². The van der Waals surface area contributed by atoms with Gasteiger partial charge in [0, 0.05) is 6.61 Å². The maximum Gasteiger partial charge on any atom is 0.230 e. The van der Waals surface area contributed by atoms with E-state index in [2.05, 4.69) is 5.32 Å². The second-order valence-corrected chi connectivity index (χ2v) is 6.66. The first-order chi connectivity index (χ1) is 12.0. The minimum absolute atomic E-state index is 0.0375. The number of nitrogens with one attached hydrogen (secondary N) is 1. The molecule has 2 rings (SSSR count). The summed E-state index contributed by atoms with van der Waals surface area (Å²) in [6.45, 7) is 3.94. The van der Waals surface area contributed by atoms with E-state index in [1.165, 1.54) is 0 Å². The molecule has 0 aliphatic carbocycles. The number of carbonyl (C=O) groups is 1. The van der Waals surface area contributed by atoms with Gasteiger partial charge in [-0.15, -0.1) is 0 Å². The largest absolute Gasteiger partial charge is 0.497 e. The quantitative estimate of drug-likeness (QED) is 0.771. The number of amides is 1. The van der Waals surface area contributed by atoms with Gasteiger partial charge in [-0.1, -0.05) is 42.5 Å². The Bertz CT molecular complexity index is 665. The molecular weight excluding hydrogens is 314 g/mol. The molecular formula is C21H27NO3. The number of rotatable bonds is 8. The molecule has 0 fully saturated rings. The summed E-state index contributed by atoms with van der Waals surface area (Å²) in [7, 11) is 1.62. The third-order valence-corrected chi connectivity index (χ3v) is 4.54. The molecule has 1 amide bonds. The minimum Gasteiger partial charge on any atom is -0.497 e. The SMILES string of the molecule is COc1ccc(C(C)(C)C(=O)NC(CCCO)c2ccccc2)cc1. The number of benzene rings is 2. The van der Waals surface area contributed by atoms with E-state index in [9.17, 15) is 4.79 Å². The van der Waals surface area contributed by atoms with Crippen molar-refractivity contribution in [2.45, 2.75) is 38.1 Å². The lowest BCUT2D eigenvalue weighted by Crippen LogP contribution is -2.42. The Kier molecular flexibility index (Phi) is 6.59. The van der Waals surface area contributed by atoms with Crippen LogP contribution in [0.15, 0.2) is 54.6 Å². The highest BCUT2D eigenvalue weighted by Crippen LogP contribution is 2.27. The van der Waals surface area contributed by atoms with Crippen LogP contribution >= 0.6 is 0 Å². The average molecular weight is 341 g/mol. The zero-order valence-corrected chi connectivity index (χ0v) is 15.2. The summed E-state index contributed by atoms with van der Waals surface area (Å²) in [4.78, 5) is 13.0. The predicted octanol–water partition coefficient (Wildman–Crippen LogP) is 3.60. The van der Waals surface area contributed by atoms with Gasteiger partial charge in [-0.25, -0.2) is 0 Å². The van der Waals surface area contributed by atoms with Crippen LogP contribution in [-0.2, 0) is 10.2 Å². The van der Waals surface area contributed by atoms with Gasteiger partial charge >= 0.3 is 0 Å². The van der Waals surface area contributed by atoms with E-state index in [-0.39, 0.29) is 18.6 Å². The number of carbonyl (C=O) groups excluding carboxylic acids is 1. The van der Waals surface area contributed by atoms with E-state index >= 15 is 0 Å². The molecule has 0 spiro atoms. The van der Waals surface area contributed by atoms with Gasteiger partial charge in [0.15, 0.2) is 0 Å². The van der Waals surface area contributed by atoms with Gasteiger partial charge in [0.25, 0.3) is 0 Å². The molecule has 0 saturated carbocycles. The van der Waals surface area contributed by atoms with Crippen molar-refractivity contribution in [3.63, 3.8) is 0 Å². The first-order valence-corrected chi connectivity index (χ1v) is 8.60. The van der Waals surface area contributed by atoms with Crippen molar-refractivity contribution in [1.82, 2.24) is 5.32 Å². The van der Waals surface area contributed by atoms with Crippen LogP contribution in [0.5, 0.6) is 5.75 Å². The lowest BCUT2D eigenvalue weighted by Gasteiger charge is -2.28. The van der Waals surface area contributed by atoms with Crippen molar-refractivity contribution in [3.8, 4) is 5.75 Å². The molecule has 4 nitrogen and oxygen atoms in total. The lowest BCUT2D eigenvalue weighted by atomic mass is 9.83. The van der Waals surface area contributed by atoms with Gasteiger partial charge in [0.05, 0.1) is 18.6 Å². The van der Waals surface area contributed by atoms with E-state index in [0.717, 1.165) is 16.9 Å². The van der Waals surface area contributed by atoms with Gasteiger partial charge in [-0.05, 0) is 49.9 Å². The van der Waals surface area contributed by atoms with Gasteiger partial charge in [0.1, 0.15) is 5.75 Å². The minimum atomic E-state index is -0.668. The molecule has 0 radical (unpaired) electrons. The second kappa shape index (κ2) is 8.67. The smallest absolute Gasteiger partial charge is 0.230 e. The Balaban J connectivity index is 2.17. The average Bonchev–Trinajstić information content (AvgIpc) is 2.65. The Morgan fingerprint density at radius 3 is 2.32 bits per heavy atom. The van der Waals surface area contributed by atoms with Crippen LogP contribution in [0.1, 0.15) is 43.9 Å². The molecule has 0 aliphatic heterocycles. The summed E-state index contributed by atoms with van der Waals surface area (Å²) in [5.74, 6) is 0.731. The van der Waals surface area contributed by atoms with Gasteiger partial charge < -0.3 is 15.2 Å². The van der Waals surface area contributed by atoms with Gasteiger partial charge in [0.2, 0.25) is 5.91 Å². The van der Waals surface area contributed by atoms with Crippen molar-refractivity contribution in [1.29, 1.82) is 0 Å². The number of methoxy groups -OCH3 is 1. The fourth-order valence-electron chi connectivity index (χ4n) is 2.78. The highest BCUT2D eigenvalue weighted by atomic mass is 16.5. The summed E-state index contributed by atoms with van der Waals surface area (Å²) < 4.78 is 5.18. The van der Waals surface area contributed by atoms with Gasteiger partial charge in [-0.2, -0.15) is 0 Å². The molecule has 0 saturated heterocycles. The monoisotopic (exact) mass is 341 g/mol. The van der Waals surface area contributed by atoms with Crippen molar-refractivity contribution >= 4 is 5.91 Å². The van der Waals surface area contributed by atoms with Crippen molar-refractivity contribution < 1.29 is 14.6 Å². The summed E-state index contributed by atoms with van der Waals surface area (Å²) >= 11 is 0. The van der Waals surface area contributed by atoms with E-state index in [4.69, 9.17) is 9.84 Å². The van der Waals surface area contributed by atoms with E-state index < -0.39 is 5.41 Å². The summed E-state index contributed by atoms with van der Waals surface area (Å²) in [5.41, 5.74) is 1.31. The van der Waals surface area contributed by atoms with E-state index in [0.29, 0.717) is 12.8 Å². The van der Waals surface area contributed by atoms with Crippen LogP contribution in [0.2, 0.25) is 0 Å². The molecule has 2 aromatic rings. The van der Waals surface area contributed by atoms with Gasteiger partial charge in [-0.3, -0.25) is 4.79 Å². The van der Waals surface area contributed by atoms with Crippen molar-refractivity contribution in [2.24, 2.45) is 0 Å². The van der Waals surface area contributed by atoms with E-state index in [1.54, 1.807) is 7.11 Å². The van der Waals surface area contributed by atoms with E-state index in [1.807, 2.05) is 68.4 Å². The molecule has 134 valence electrons. The molecule has 2 aromatic carbocycles. The number of aliphatic hydroxyl groups is 1. The second-order valence-electron chi connectivity index (χ2n) is 6.66. The van der Waals surface area contributed by atoms with Crippen molar-refractivity contribution in [3.05, 3.63) is 65.7 Å². The fraction of sp³-hybridized carbons (Fsp3) is 0.381. The Labute approximate surface area is 149 Å². The molecule has 0 aromatic heterocycles. The Morgan fingerprint density at radius 2 is 1.76 bits per heavy atom. The Hall–Kier alpha value is -2.33. The summed E-state index contributed by atoms with van der Waals surface area (Å²) in [5, 5.41) is 12.3. The fourth-order valence-corrected chi connectivity index (χ4v) is 2.78. The first-order valence-electron chi connectivity index (χ1n) is 8.60. The normalized spacial score (nSPS) is 12.5. The third-order valence-electron chi connectivity index (χ3n) is 4.54. The summed E-state index contributed by atoms with van der Waals surface area (Å²) in [6.07, 6.45) is 1.34. The standard InChI is InChI=1S/C21H27NO3/c1-21(2,17-11-13-18(25-3)14-12-17)20(24)22-19(10-7-15-23)16-8-5-4-6-9-16/h4-6,8-9,11-14,19,23H,7,10,15H2,1-3H3,(H,22,24). The molecule has 0 bridgehead atoms. The van der Waals surface area contributed by atoms with Crippen LogP contribution in [0.25, 0.3) is 0 Å². The highest BCUT2D eigenvalue weighted by molar-refractivity contribution is 5.87. The molecule has 1 atom stereocenters.